The minimum atomic E-state index is -0.819. The Balaban J connectivity index is 2.08. The van der Waals surface area contributed by atoms with Crippen molar-refractivity contribution in [3.63, 3.8) is 0 Å². The molecule has 2 nitrogen and oxygen atoms in total. The summed E-state index contributed by atoms with van der Waals surface area (Å²) < 4.78 is 0. The Hall–Kier alpha value is -1.35. The molecule has 2 aromatic rings. The molecular formula is C19H24ClNO. The maximum absolute atomic E-state index is 10.6. The van der Waals surface area contributed by atoms with Crippen molar-refractivity contribution in [2.24, 2.45) is 0 Å². The number of hydrogen-bond acceptors (Lipinski definition) is 2. The average Bonchev–Trinajstić information content (AvgIpc) is 2.47. The van der Waals surface area contributed by atoms with Crippen LogP contribution in [0.4, 0.5) is 0 Å². The molecule has 22 heavy (non-hydrogen) atoms. The fraction of sp³-hybridized carbons (Fsp3) is 0.368. The molecule has 0 heterocycles. The fourth-order valence-corrected chi connectivity index (χ4v) is 2.54. The topological polar surface area (TPSA) is 32.3 Å². The molecule has 0 aliphatic carbocycles. The first-order valence-corrected chi connectivity index (χ1v) is 8.08. The smallest absolute Gasteiger partial charge is 0.0880 e. The van der Waals surface area contributed by atoms with Crippen molar-refractivity contribution in [3.05, 3.63) is 59.1 Å². The van der Waals surface area contributed by atoms with Crippen molar-refractivity contribution >= 4 is 11.6 Å². The van der Waals surface area contributed by atoms with Crippen molar-refractivity contribution in [1.29, 1.82) is 0 Å². The van der Waals surface area contributed by atoms with Crippen molar-refractivity contribution in [2.45, 2.75) is 38.8 Å². The highest BCUT2D eigenvalue weighted by Gasteiger charge is 2.22. The SMILES string of the molecule is CC(C)NCCC(C)(O)c1ccc(-c2ccc(Cl)cc2)cc1. The van der Waals surface area contributed by atoms with Crippen molar-refractivity contribution in [1.82, 2.24) is 5.32 Å². The van der Waals surface area contributed by atoms with Crippen molar-refractivity contribution in [2.75, 3.05) is 6.54 Å². The quantitative estimate of drug-likeness (QED) is 0.816. The van der Waals surface area contributed by atoms with Gasteiger partial charge in [0.2, 0.25) is 0 Å². The van der Waals surface area contributed by atoms with Gasteiger partial charge in [-0.25, -0.2) is 0 Å². The third-order valence-electron chi connectivity index (χ3n) is 3.85. The van der Waals surface area contributed by atoms with E-state index in [2.05, 4.69) is 19.2 Å². The van der Waals surface area contributed by atoms with Gasteiger partial charge in [-0.1, -0.05) is 61.8 Å². The van der Waals surface area contributed by atoms with Crippen LogP contribution in [-0.4, -0.2) is 17.7 Å². The molecule has 0 fully saturated rings. The molecule has 2 aromatic carbocycles. The van der Waals surface area contributed by atoms with E-state index in [4.69, 9.17) is 11.6 Å². The fourth-order valence-electron chi connectivity index (χ4n) is 2.41. The molecule has 1 unspecified atom stereocenters. The van der Waals surface area contributed by atoms with Crippen LogP contribution < -0.4 is 5.32 Å². The van der Waals surface area contributed by atoms with Crippen LogP contribution >= 0.6 is 11.6 Å². The molecule has 0 aliphatic rings. The summed E-state index contributed by atoms with van der Waals surface area (Å²) in [6, 6.07) is 16.3. The van der Waals surface area contributed by atoms with Crippen LogP contribution in [0.25, 0.3) is 11.1 Å². The zero-order valence-corrected chi connectivity index (χ0v) is 14.2. The van der Waals surface area contributed by atoms with Gasteiger partial charge in [-0.05, 0) is 48.7 Å². The highest BCUT2D eigenvalue weighted by atomic mass is 35.5. The predicted octanol–water partition coefficient (Wildman–Crippen LogP) is 4.60. The van der Waals surface area contributed by atoms with Crippen molar-refractivity contribution < 1.29 is 5.11 Å². The van der Waals surface area contributed by atoms with Crippen LogP contribution in [0.15, 0.2) is 48.5 Å². The summed E-state index contributed by atoms with van der Waals surface area (Å²) in [4.78, 5) is 0. The lowest BCUT2D eigenvalue weighted by Gasteiger charge is -2.25. The minimum Gasteiger partial charge on any atom is -0.385 e. The zero-order valence-electron chi connectivity index (χ0n) is 13.4. The lowest BCUT2D eigenvalue weighted by molar-refractivity contribution is 0.0475. The molecule has 0 saturated heterocycles. The van der Waals surface area contributed by atoms with E-state index >= 15 is 0 Å². The normalized spacial score (nSPS) is 14.1. The first-order chi connectivity index (χ1) is 10.4. The molecule has 2 N–H and O–H groups in total. The summed E-state index contributed by atoms with van der Waals surface area (Å²) in [5.41, 5.74) is 2.37. The highest BCUT2D eigenvalue weighted by Crippen LogP contribution is 2.27. The summed E-state index contributed by atoms with van der Waals surface area (Å²) in [5, 5.41) is 14.7. The number of benzene rings is 2. The number of aliphatic hydroxyl groups is 1. The second kappa shape index (κ2) is 7.28. The van der Waals surface area contributed by atoms with Gasteiger partial charge in [-0.2, -0.15) is 0 Å². The molecule has 0 aliphatic heterocycles. The van der Waals surface area contributed by atoms with E-state index < -0.39 is 5.60 Å². The third-order valence-corrected chi connectivity index (χ3v) is 4.10. The Kier molecular flexibility index (Phi) is 5.63. The Morgan fingerprint density at radius 1 is 1.00 bits per heavy atom. The maximum atomic E-state index is 10.6. The second-order valence-electron chi connectivity index (χ2n) is 6.22. The molecule has 0 aromatic heterocycles. The maximum Gasteiger partial charge on any atom is 0.0880 e. The second-order valence-corrected chi connectivity index (χ2v) is 6.65. The van der Waals surface area contributed by atoms with Gasteiger partial charge in [0, 0.05) is 11.1 Å². The summed E-state index contributed by atoms with van der Waals surface area (Å²) in [7, 11) is 0. The average molecular weight is 318 g/mol. The number of rotatable bonds is 6. The van der Waals surface area contributed by atoms with E-state index in [0.717, 1.165) is 28.3 Å². The van der Waals surface area contributed by atoms with Crippen LogP contribution in [0.2, 0.25) is 5.02 Å². The molecule has 0 radical (unpaired) electrons. The van der Waals surface area contributed by atoms with Crippen molar-refractivity contribution in [3.8, 4) is 11.1 Å². The van der Waals surface area contributed by atoms with E-state index in [0.29, 0.717) is 12.5 Å². The highest BCUT2D eigenvalue weighted by molar-refractivity contribution is 6.30. The van der Waals surface area contributed by atoms with E-state index in [1.165, 1.54) is 0 Å². The molecular weight excluding hydrogens is 294 g/mol. The van der Waals surface area contributed by atoms with Gasteiger partial charge in [-0.3, -0.25) is 0 Å². The molecule has 1 atom stereocenters. The minimum absolute atomic E-state index is 0.433. The molecule has 3 heteroatoms. The molecule has 0 bridgehead atoms. The van der Waals surface area contributed by atoms with Gasteiger partial charge in [0.1, 0.15) is 0 Å². The van der Waals surface area contributed by atoms with Gasteiger partial charge in [-0.15, -0.1) is 0 Å². The molecule has 118 valence electrons. The Morgan fingerprint density at radius 2 is 1.50 bits per heavy atom. The first kappa shape index (κ1) is 17.0. The van der Waals surface area contributed by atoms with Gasteiger partial charge in [0.25, 0.3) is 0 Å². The summed E-state index contributed by atoms with van der Waals surface area (Å²) in [6.07, 6.45) is 0.686. The van der Waals surface area contributed by atoms with Gasteiger partial charge >= 0.3 is 0 Å². The van der Waals surface area contributed by atoms with E-state index in [1.54, 1.807) is 0 Å². The van der Waals surface area contributed by atoms with Crippen LogP contribution in [-0.2, 0) is 5.60 Å². The lowest BCUT2D eigenvalue weighted by atomic mass is 9.91. The number of hydrogen-bond donors (Lipinski definition) is 2. The zero-order chi connectivity index (χ0) is 16.2. The first-order valence-electron chi connectivity index (χ1n) is 7.71. The van der Waals surface area contributed by atoms with E-state index in [-0.39, 0.29) is 0 Å². The van der Waals surface area contributed by atoms with Gasteiger partial charge < -0.3 is 10.4 Å². The number of halogens is 1. The van der Waals surface area contributed by atoms with E-state index in [1.807, 2.05) is 55.5 Å². The van der Waals surface area contributed by atoms with Gasteiger partial charge in [0.15, 0.2) is 0 Å². The lowest BCUT2D eigenvalue weighted by Crippen LogP contribution is -2.31. The summed E-state index contributed by atoms with van der Waals surface area (Å²) in [5.74, 6) is 0. The van der Waals surface area contributed by atoms with Gasteiger partial charge in [0.05, 0.1) is 5.60 Å². The standard InChI is InChI=1S/C19H24ClNO/c1-14(2)21-13-12-19(3,22)17-8-4-15(5-9-17)16-6-10-18(20)11-7-16/h4-11,14,21-22H,12-13H2,1-3H3. The third kappa shape index (κ3) is 4.57. The molecule has 0 amide bonds. The van der Waals surface area contributed by atoms with Crippen LogP contribution in [0, 0.1) is 0 Å². The van der Waals surface area contributed by atoms with Crippen LogP contribution in [0.3, 0.4) is 0 Å². The molecule has 2 rings (SSSR count). The molecule has 0 saturated carbocycles. The monoisotopic (exact) mass is 317 g/mol. The Bertz CT molecular complexity index is 588. The van der Waals surface area contributed by atoms with Crippen LogP contribution in [0.1, 0.15) is 32.8 Å². The Labute approximate surface area is 138 Å². The Morgan fingerprint density at radius 3 is 2.00 bits per heavy atom. The summed E-state index contributed by atoms with van der Waals surface area (Å²) in [6.45, 7) is 6.88. The van der Waals surface area contributed by atoms with Crippen LogP contribution in [0.5, 0.6) is 0 Å². The largest absolute Gasteiger partial charge is 0.385 e. The van der Waals surface area contributed by atoms with E-state index in [9.17, 15) is 5.11 Å². The predicted molar refractivity (Wildman–Crippen MR) is 94.2 cm³/mol. The number of nitrogens with one attached hydrogen (secondary N) is 1. The molecule has 0 spiro atoms. The summed E-state index contributed by atoms with van der Waals surface area (Å²) >= 11 is 5.92.